The maximum Gasteiger partial charge on any atom is 0.0948 e. The number of nitrogens with zero attached hydrogens (tertiary/aromatic N) is 3. The number of aromatic nitrogens is 2. The van der Waals surface area contributed by atoms with E-state index in [9.17, 15) is 0 Å². The maximum absolute atomic E-state index is 5.90. The Hall–Kier alpha value is -0.870. The van der Waals surface area contributed by atoms with E-state index in [4.69, 9.17) is 5.73 Å². The molecule has 1 aromatic heterocycles. The molecule has 0 amide bonds. The van der Waals surface area contributed by atoms with Gasteiger partial charge in [-0.25, -0.2) is 4.98 Å². The summed E-state index contributed by atoms with van der Waals surface area (Å²) in [6.07, 6.45) is 6.66. The van der Waals surface area contributed by atoms with Crippen LogP contribution in [0.1, 0.15) is 38.3 Å². The lowest BCUT2D eigenvalue weighted by molar-refractivity contribution is 0.305. The molecule has 0 aromatic carbocycles. The van der Waals surface area contributed by atoms with Gasteiger partial charge < -0.3 is 15.2 Å². The summed E-state index contributed by atoms with van der Waals surface area (Å²) in [5, 5.41) is 0. The van der Waals surface area contributed by atoms with Gasteiger partial charge in [-0.1, -0.05) is 13.8 Å². The van der Waals surface area contributed by atoms with Gasteiger partial charge in [-0.3, -0.25) is 0 Å². The molecule has 1 unspecified atom stereocenters. The first-order chi connectivity index (χ1) is 8.63. The first-order valence-corrected chi connectivity index (χ1v) is 7.03. The molecule has 0 bridgehead atoms. The zero-order valence-corrected chi connectivity index (χ0v) is 11.8. The van der Waals surface area contributed by atoms with E-state index < -0.39 is 0 Å². The zero-order chi connectivity index (χ0) is 13.1. The fraction of sp³-hybridized carbons (Fsp3) is 0.786. The van der Waals surface area contributed by atoms with Crippen molar-refractivity contribution in [2.24, 2.45) is 11.7 Å². The van der Waals surface area contributed by atoms with Crippen molar-refractivity contribution in [2.45, 2.75) is 45.2 Å². The van der Waals surface area contributed by atoms with Crippen molar-refractivity contribution in [1.82, 2.24) is 14.5 Å². The Balaban J connectivity index is 1.97. The Labute approximate surface area is 110 Å². The summed E-state index contributed by atoms with van der Waals surface area (Å²) < 4.78 is 2.27. The highest BCUT2D eigenvalue weighted by molar-refractivity contribution is 5.08. The normalized spacial score (nSPS) is 17.7. The van der Waals surface area contributed by atoms with E-state index >= 15 is 0 Å². The van der Waals surface area contributed by atoms with Crippen LogP contribution in [0.4, 0.5) is 0 Å². The van der Waals surface area contributed by atoms with Gasteiger partial charge in [0.1, 0.15) is 0 Å². The second-order valence-electron chi connectivity index (χ2n) is 5.81. The van der Waals surface area contributed by atoms with E-state index in [1.54, 1.807) is 0 Å². The quantitative estimate of drug-likeness (QED) is 0.801. The molecule has 102 valence electrons. The van der Waals surface area contributed by atoms with Crippen LogP contribution in [0.3, 0.4) is 0 Å². The molecule has 1 aromatic rings. The SMILES string of the molecule is CC(C)C(CN)c1cncn1CCN(C)C1CC1. The van der Waals surface area contributed by atoms with Crippen LogP contribution in [0.15, 0.2) is 12.5 Å². The van der Waals surface area contributed by atoms with E-state index in [-0.39, 0.29) is 0 Å². The average molecular weight is 250 g/mol. The Bertz CT molecular complexity index is 368. The predicted octanol–water partition coefficient (Wildman–Crippen LogP) is 1.68. The Kier molecular flexibility index (Phi) is 4.40. The average Bonchev–Trinajstić information content (AvgIpc) is 3.08. The molecule has 0 radical (unpaired) electrons. The summed E-state index contributed by atoms with van der Waals surface area (Å²) in [6, 6.07) is 0.826. The standard InChI is InChI=1S/C14H26N4/c1-11(2)13(8-15)14-9-16-10-18(14)7-6-17(3)12-4-5-12/h9-13H,4-8,15H2,1-3H3. The smallest absolute Gasteiger partial charge is 0.0948 e. The number of likely N-dealkylation sites (N-methyl/N-ethyl adjacent to an activating group) is 1. The van der Waals surface area contributed by atoms with Gasteiger partial charge in [0.2, 0.25) is 0 Å². The summed E-state index contributed by atoms with van der Waals surface area (Å²) in [5.41, 5.74) is 7.19. The molecule has 4 nitrogen and oxygen atoms in total. The molecule has 1 saturated carbocycles. The van der Waals surface area contributed by atoms with Crippen molar-refractivity contribution in [3.05, 3.63) is 18.2 Å². The molecule has 0 saturated heterocycles. The van der Waals surface area contributed by atoms with E-state index in [1.165, 1.54) is 18.5 Å². The third kappa shape index (κ3) is 3.12. The second kappa shape index (κ2) is 5.85. The molecule has 4 heteroatoms. The molecular formula is C14H26N4. The van der Waals surface area contributed by atoms with Crippen LogP contribution >= 0.6 is 0 Å². The van der Waals surface area contributed by atoms with Crippen molar-refractivity contribution in [2.75, 3.05) is 20.1 Å². The lowest BCUT2D eigenvalue weighted by Crippen LogP contribution is -2.27. The van der Waals surface area contributed by atoms with Gasteiger partial charge in [0.15, 0.2) is 0 Å². The van der Waals surface area contributed by atoms with Crippen LogP contribution < -0.4 is 5.73 Å². The molecule has 1 aliphatic carbocycles. The number of imidazole rings is 1. The highest BCUT2D eigenvalue weighted by atomic mass is 15.2. The fourth-order valence-corrected chi connectivity index (χ4v) is 2.52. The van der Waals surface area contributed by atoms with Gasteiger partial charge in [0, 0.05) is 43.5 Å². The summed E-state index contributed by atoms with van der Waals surface area (Å²) >= 11 is 0. The Morgan fingerprint density at radius 3 is 2.78 bits per heavy atom. The monoisotopic (exact) mass is 250 g/mol. The molecular weight excluding hydrogens is 224 g/mol. The number of hydrogen-bond donors (Lipinski definition) is 1. The van der Waals surface area contributed by atoms with Gasteiger partial charge in [0.25, 0.3) is 0 Å². The summed E-state index contributed by atoms with van der Waals surface area (Å²) in [4.78, 5) is 6.76. The van der Waals surface area contributed by atoms with Crippen molar-refractivity contribution in [3.63, 3.8) is 0 Å². The van der Waals surface area contributed by atoms with Crippen molar-refractivity contribution in [1.29, 1.82) is 0 Å². The van der Waals surface area contributed by atoms with Crippen molar-refractivity contribution < 1.29 is 0 Å². The zero-order valence-electron chi connectivity index (χ0n) is 11.8. The van der Waals surface area contributed by atoms with Gasteiger partial charge >= 0.3 is 0 Å². The Morgan fingerprint density at radius 1 is 1.50 bits per heavy atom. The molecule has 1 atom stereocenters. The minimum absolute atomic E-state index is 0.415. The summed E-state index contributed by atoms with van der Waals surface area (Å²) in [7, 11) is 2.22. The molecule has 18 heavy (non-hydrogen) atoms. The number of nitrogens with two attached hydrogens (primary N) is 1. The van der Waals surface area contributed by atoms with E-state index in [1.807, 2.05) is 12.5 Å². The molecule has 0 aliphatic heterocycles. The lowest BCUT2D eigenvalue weighted by atomic mass is 9.93. The largest absolute Gasteiger partial charge is 0.333 e. The van der Waals surface area contributed by atoms with E-state index in [2.05, 4.69) is 35.3 Å². The van der Waals surface area contributed by atoms with Crippen LogP contribution in [-0.4, -0.2) is 40.6 Å². The van der Waals surface area contributed by atoms with Crippen molar-refractivity contribution in [3.8, 4) is 0 Å². The van der Waals surface area contributed by atoms with Crippen LogP contribution in [0.2, 0.25) is 0 Å². The van der Waals surface area contributed by atoms with Crippen LogP contribution in [0.25, 0.3) is 0 Å². The molecule has 0 spiro atoms. The van der Waals surface area contributed by atoms with Crippen LogP contribution in [0, 0.1) is 5.92 Å². The van der Waals surface area contributed by atoms with E-state index in [0.29, 0.717) is 18.4 Å². The second-order valence-corrected chi connectivity index (χ2v) is 5.81. The molecule has 1 fully saturated rings. The maximum atomic E-state index is 5.90. The third-order valence-electron chi connectivity index (χ3n) is 4.05. The molecule has 2 rings (SSSR count). The minimum Gasteiger partial charge on any atom is -0.333 e. The topological polar surface area (TPSA) is 47.1 Å². The van der Waals surface area contributed by atoms with Crippen molar-refractivity contribution >= 4 is 0 Å². The van der Waals surface area contributed by atoms with Gasteiger partial charge in [-0.2, -0.15) is 0 Å². The number of rotatable bonds is 7. The van der Waals surface area contributed by atoms with Crippen LogP contribution in [0.5, 0.6) is 0 Å². The van der Waals surface area contributed by atoms with Gasteiger partial charge in [-0.15, -0.1) is 0 Å². The van der Waals surface area contributed by atoms with E-state index in [0.717, 1.165) is 19.1 Å². The summed E-state index contributed by atoms with van der Waals surface area (Å²) in [5.74, 6) is 0.977. The number of hydrogen-bond acceptors (Lipinski definition) is 3. The van der Waals surface area contributed by atoms with Crippen LogP contribution in [-0.2, 0) is 6.54 Å². The Morgan fingerprint density at radius 2 is 2.22 bits per heavy atom. The lowest BCUT2D eigenvalue weighted by Gasteiger charge is -2.22. The fourth-order valence-electron chi connectivity index (χ4n) is 2.52. The molecule has 2 N–H and O–H groups in total. The third-order valence-corrected chi connectivity index (χ3v) is 4.05. The molecule has 1 aliphatic rings. The van der Waals surface area contributed by atoms with Gasteiger partial charge in [0.05, 0.1) is 6.33 Å². The highest BCUT2D eigenvalue weighted by Gasteiger charge is 2.26. The first kappa shape index (κ1) is 13.6. The molecule has 1 heterocycles. The van der Waals surface area contributed by atoms with Gasteiger partial charge in [-0.05, 0) is 25.8 Å². The first-order valence-electron chi connectivity index (χ1n) is 7.03. The predicted molar refractivity (Wildman–Crippen MR) is 74.5 cm³/mol. The summed E-state index contributed by atoms with van der Waals surface area (Å²) in [6.45, 7) is 7.27. The highest BCUT2D eigenvalue weighted by Crippen LogP contribution is 2.26. The minimum atomic E-state index is 0.415.